The molecule has 2 rings (SSSR count). The lowest BCUT2D eigenvalue weighted by atomic mass is 9.80. The molecule has 0 radical (unpaired) electrons. The van der Waals surface area contributed by atoms with E-state index >= 15 is 0 Å². The van der Waals surface area contributed by atoms with Crippen molar-refractivity contribution in [1.82, 2.24) is 10.6 Å². The number of amides is 2. The second-order valence-corrected chi connectivity index (χ2v) is 14.2. The van der Waals surface area contributed by atoms with E-state index in [0.717, 1.165) is 24.8 Å². The highest BCUT2D eigenvalue weighted by atomic mass is 16.5. The number of rotatable bonds is 22. The fraction of sp³-hybridized carbons (Fsp3) is 0.757. The number of ether oxygens (including phenoxy) is 5. The van der Waals surface area contributed by atoms with Crippen molar-refractivity contribution >= 4 is 17.8 Å². The molecule has 1 aliphatic rings. The zero-order valence-corrected chi connectivity index (χ0v) is 31.1. The van der Waals surface area contributed by atoms with Gasteiger partial charge in [-0.25, -0.2) is 4.79 Å². The normalized spacial score (nSPS) is 16.9. The van der Waals surface area contributed by atoms with E-state index < -0.39 is 36.0 Å². The fourth-order valence-corrected chi connectivity index (χ4v) is 6.09. The molecular formula is C37H64N4O8. The van der Waals surface area contributed by atoms with Gasteiger partial charge in [0.2, 0.25) is 11.8 Å². The van der Waals surface area contributed by atoms with Crippen molar-refractivity contribution in [3.63, 3.8) is 0 Å². The summed E-state index contributed by atoms with van der Waals surface area (Å²) in [5.74, 6) is -0.141. The first kappa shape index (κ1) is 42.2. The molecule has 12 nitrogen and oxygen atoms in total. The van der Waals surface area contributed by atoms with Crippen molar-refractivity contribution in [3.8, 4) is 11.5 Å². The van der Waals surface area contributed by atoms with Gasteiger partial charge in [0, 0.05) is 51.4 Å². The van der Waals surface area contributed by atoms with Crippen LogP contribution >= 0.6 is 0 Å². The van der Waals surface area contributed by atoms with E-state index in [1.165, 1.54) is 0 Å². The molecule has 12 heteroatoms. The van der Waals surface area contributed by atoms with Gasteiger partial charge in [-0.3, -0.25) is 9.59 Å². The smallest absolute Gasteiger partial charge is 0.329 e. The molecule has 1 aromatic carbocycles. The van der Waals surface area contributed by atoms with Crippen LogP contribution in [0.25, 0.3) is 0 Å². The second kappa shape index (κ2) is 22.0. The van der Waals surface area contributed by atoms with Gasteiger partial charge in [0.05, 0.1) is 20.3 Å². The minimum Gasteiger partial charge on any atom is -0.493 e. The Hall–Kier alpha value is -2.93. The molecule has 2 amide bonds. The standard InChI is InChI=1S/C37H64N4O8/c1-23(2)27(18-26-10-11-31(46-8)33(19-26)48-15-9-14-45-7)20-30(39)32(49-37(44)35(25(5)6)41-34(42)22-38)21-29(24(3)4)36(43)40-28-12-16-47-17-13-28/h10-11,19,23-25,27-30,32,35H,9,12-18,20-22,38-39H2,1-8H3,(H,40,43)(H,41,42)/t27?,29?,30-,32?,35?/m0/s1. The maximum absolute atomic E-state index is 13.7. The Kier molecular flexibility index (Phi) is 19.0. The number of benzene rings is 1. The first-order valence-electron chi connectivity index (χ1n) is 17.9. The van der Waals surface area contributed by atoms with E-state index in [1.54, 1.807) is 14.2 Å². The highest BCUT2D eigenvalue weighted by Gasteiger charge is 2.36. The van der Waals surface area contributed by atoms with Gasteiger partial charge in [0.15, 0.2) is 11.5 Å². The molecule has 1 heterocycles. The third-order valence-corrected chi connectivity index (χ3v) is 9.36. The van der Waals surface area contributed by atoms with E-state index in [9.17, 15) is 14.4 Å². The maximum atomic E-state index is 13.7. The summed E-state index contributed by atoms with van der Waals surface area (Å²) < 4.78 is 28.4. The zero-order chi connectivity index (χ0) is 36.5. The minimum atomic E-state index is -0.901. The number of hydrogen-bond acceptors (Lipinski definition) is 10. The summed E-state index contributed by atoms with van der Waals surface area (Å²) in [6.45, 7) is 14.0. The van der Waals surface area contributed by atoms with Gasteiger partial charge in [0.25, 0.3) is 0 Å². The molecule has 0 aromatic heterocycles. The van der Waals surface area contributed by atoms with E-state index in [4.69, 9.17) is 35.2 Å². The van der Waals surface area contributed by atoms with Gasteiger partial charge < -0.3 is 45.8 Å². The third-order valence-electron chi connectivity index (χ3n) is 9.36. The Morgan fingerprint density at radius 3 is 2.20 bits per heavy atom. The summed E-state index contributed by atoms with van der Waals surface area (Å²) >= 11 is 0. The highest BCUT2D eigenvalue weighted by Crippen LogP contribution is 2.32. The van der Waals surface area contributed by atoms with E-state index in [-0.39, 0.29) is 48.6 Å². The molecule has 1 saturated heterocycles. The summed E-state index contributed by atoms with van der Waals surface area (Å²) in [6.07, 6.45) is 3.00. The molecule has 4 unspecified atom stereocenters. The maximum Gasteiger partial charge on any atom is 0.329 e. The Morgan fingerprint density at radius 1 is 0.939 bits per heavy atom. The van der Waals surface area contributed by atoms with Crippen LogP contribution in [0, 0.1) is 29.6 Å². The quantitative estimate of drug-likeness (QED) is 0.104. The first-order valence-corrected chi connectivity index (χ1v) is 17.9. The summed E-state index contributed by atoms with van der Waals surface area (Å²) in [7, 11) is 3.28. The summed E-state index contributed by atoms with van der Waals surface area (Å²) in [5, 5.41) is 5.89. The summed E-state index contributed by atoms with van der Waals surface area (Å²) in [4.78, 5) is 39.5. The van der Waals surface area contributed by atoms with Gasteiger partial charge in [-0.15, -0.1) is 0 Å². The summed E-state index contributed by atoms with van der Waals surface area (Å²) in [6, 6.07) is 4.51. The number of carbonyl (C=O) groups excluding carboxylic acids is 3. The van der Waals surface area contributed by atoms with Crippen LogP contribution in [0.1, 0.15) is 79.2 Å². The molecule has 0 bridgehead atoms. The van der Waals surface area contributed by atoms with Crippen LogP contribution < -0.4 is 31.6 Å². The van der Waals surface area contributed by atoms with Gasteiger partial charge >= 0.3 is 5.97 Å². The zero-order valence-electron chi connectivity index (χ0n) is 31.1. The van der Waals surface area contributed by atoms with Crippen LogP contribution in [-0.4, -0.2) is 89.2 Å². The average molecular weight is 693 g/mol. The molecule has 0 aliphatic carbocycles. The van der Waals surface area contributed by atoms with Gasteiger partial charge in [-0.2, -0.15) is 0 Å². The predicted molar refractivity (Wildman–Crippen MR) is 190 cm³/mol. The van der Waals surface area contributed by atoms with Crippen molar-refractivity contribution in [1.29, 1.82) is 0 Å². The van der Waals surface area contributed by atoms with Crippen LogP contribution in [-0.2, 0) is 35.0 Å². The van der Waals surface area contributed by atoms with Crippen LogP contribution in [0.2, 0.25) is 0 Å². The number of nitrogens with two attached hydrogens (primary N) is 2. The minimum absolute atomic E-state index is 0.0337. The van der Waals surface area contributed by atoms with E-state index in [1.807, 2.05) is 45.9 Å². The molecule has 280 valence electrons. The van der Waals surface area contributed by atoms with E-state index in [0.29, 0.717) is 50.8 Å². The van der Waals surface area contributed by atoms with Crippen LogP contribution in [0.15, 0.2) is 18.2 Å². The lowest BCUT2D eigenvalue weighted by Crippen LogP contribution is -2.51. The van der Waals surface area contributed by atoms with Crippen molar-refractivity contribution in [2.75, 3.05) is 47.2 Å². The average Bonchev–Trinajstić information content (AvgIpc) is 3.06. The van der Waals surface area contributed by atoms with Gasteiger partial charge in [0.1, 0.15) is 12.1 Å². The Labute approximate surface area is 294 Å². The van der Waals surface area contributed by atoms with Crippen LogP contribution in [0.3, 0.4) is 0 Å². The number of carbonyl (C=O) groups is 3. The fourth-order valence-electron chi connectivity index (χ4n) is 6.09. The number of nitrogens with one attached hydrogen (secondary N) is 2. The lowest BCUT2D eigenvalue weighted by molar-refractivity contribution is -0.157. The lowest BCUT2D eigenvalue weighted by Gasteiger charge is -2.34. The topological polar surface area (TPSA) is 173 Å². The second-order valence-electron chi connectivity index (χ2n) is 14.2. The van der Waals surface area contributed by atoms with Crippen LogP contribution in [0.5, 0.6) is 11.5 Å². The number of methoxy groups -OCH3 is 2. The Balaban J connectivity index is 2.34. The summed E-state index contributed by atoms with van der Waals surface area (Å²) in [5.41, 5.74) is 13.6. The molecule has 0 saturated carbocycles. The molecule has 1 aliphatic heterocycles. The third kappa shape index (κ3) is 14.4. The van der Waals surface area contributed by atoms with Crippen molar-refractivity contribution in [3.05, 3.63) is 23.8 Å². The van der Waals surface area contributed by atoms with Crippen molar-refractivity contribution < 1.29 is 38.1 Å². The highest BCUT2D eigenvalue weighted by molar-refractivity contribution is 5.85. The number of hydrogen-bond donors (Lipinski definition) is 4. The van der Waals surface area contributed by atoms with Gasteiger partial charge in [-0.05, 0) is 73.5 Å². The van der Waals surface area contributed by atoms with Crippen molar-refractivity contribution in [2.45, 2.75) is 104 Å². The Bertz CT molecular complexity index is 1140. The van der Waals surface area contributed by atoms with Gasteiger partial charge in [-0.1, -0.05) is 47.6 Å². The molecule has 0 spiro atoms. The molecule has 49 heavy (non-hydrogen) atoms. The monoisotopic (exact) mass is 692 g/mol. The SMILES string of the molecule is COCCCOc1cc(CC(C[C@H](N)C(CC(C(=O)NC2CCOCC2)C(C)C)OC(=O)C(NC(=O)CN)C(C)C)C(C)C)ccc1OC. The molecule has 5 atom stereocenters. The largest absolute Gasteiger partial charge is 0.493 e. The molecular weight excluding hydrogens is 628 g/mol. The predicted octanol–water partition coefficient (Wildman–Crippen LogP) is 3.61. The van der Waals surface area contributed by atoms with Crippen molar-refractivity contribution in [2.24, 2.45) is 41.1 Å². The Morgan fingerprint density at radius 2 is 1.63 bits per heavy atom. The van der Waals surface area contributed by atoms with E-state index in [2.05, 4.69) is 24.5 Å². The molecule has 1 aromatic rings. The molecule has 1 fully saturated rings. The number of esters is 1. The van der Waals surface area contributed by atoms with Crippen LogP contribution in [0.4, 0.5) is 0 Å². The molecule has 6 N–H and O–H groups in total. The first-order chi connectivity index (χ1) is 23.3.